The van der Waals surface area contributed by atoms with Gasteiger partial charge in [-0.2, -0.15) is 0 Å². The fraction of sp³-hybridized carbons (Fsp3) is 0.409. The maximum absolute atomic E-state index is 12.2. The maximum atomic E-state index is 12.2. The van der Waals surface area contributed by atoms with Crippen LogP contribution in [0.2, 0.25) is 0 Å². The molecule has 0 saturated heterocycles. The third kappa shape index (κ3) is 6.71. The van der Waals surface area contributed by atoms with Gasteiger partial charge in [0, 0.05) is 25.6 Å². The summed E-state index contributed by atoms with van der Waals surface area (Å²) in [5.74, 6) is 0.867. The van der Waals surface area contributed by atoms with Gasteiger partial charge in [0.15, 0.2) is 0 Å². The van der Waals surface area contributed by atoms with Crippen LogP contribution in [0.4, 0.5) is 0 Å². The van der Waals surface area contributed by atoms with Crippen LogP contribution in [0.3, 0.4) is 0 Å². The van der Waals surface area contributed by atoms with Crippen LogP contribution in [0.25, 0.3) is 0 Å². The molecule has 0 bridgehead atoms. The van der Waals surface area contributed by atoms with E-state index in [9.17, 15) is 4.79 Å². The number of nitrogens with one attached hydrogen (secondary N) is 2. The molecule has 2 N–H and O–H groups in total. The van der Waals surface area contributed by atoms with Crippen molar-refractivity contribution >= 4 is 5.91 Å². The lowest BCUT2D eigenvalue weighted by molar-refractivity contribution is -0.121. The lowest BCUT2D eigenvalue weighted by Crippen LogP contribution is -2.36. The van der Waals surface area contributed by atoms with Gasteiger partial charge in [-0.1, -0.05) is 74.5 Å². The number of carbonyl (C=O) groups is 1. The number of carbonyl (C=O) groups excluding carboxylic acids is 1. The Balaban J connectivity index is 1.68. The third-order valence-corrected chi connectivity index (χ3v) is 4.61. The average molecular weight is 338 g/mol. The predicted octanol–water partition coefficient (Wildman–Crippen LogP) is 4.08. The van der Waals surface area contributed by atoms with Crippen molar-refractivity contribution in [3.63, 3.8) is 0 Å². The van der Waals surface area contributed by atoms with Crippen LogP contribution in [-0.4, -0.2) is 25.0 Å². The van der Waals surface area contributed by atoms with Crippen LogP contribution in [0.15, 0.2) is 60.7 Å². The van der Waals surface area contributed by atoms with E-state index in [-0.39, 0.29) is 11.9 Å². The highest BCUT2D eigenvalue weighted by Gasteiger charge is 2.12. The van der Waals surface area contributed by atoms with E-state index in [2.05, 4.69) is 67.8 Å². The first kappa shape index (κ1) is 19.2. The lowest BCUT2D eigenvalue weighted by Gasteiger charge is -2.19. The van der Waals surface area contributed by atoms with Gasteiger partial charge in [-0.15, -0.1) is 0 Å². The minimum absolute atomic E-state index is 0.107. The van der Waals surface area contributed by atoms with Gasteiger partial charge in [-0.05, 0) is 29.9 Å². The molecule has 3 heteroatoms. The number of hydrogen-bond donors (Lipinski definition) is 2. The first-order valence-corrected chi connectivity index (χ1v) is 9.16. The third-order valence-electron chi connectivity index (χ3n) is 4.61. The van der Waals surface area contributed by atoms with E-state index in [4.69, 9.17) is 0 Å². The van der Waals surface area contributed by atoms with Crippen molar-refractivity contribution in [1.29, 1.82) is 0 Å². The number of amides is 1. The summed E-state index contributed by atoms with van der Waals surface area (Å²) in [6.07, 6.45) is 0.503. The molecule has 3 nitrogen and oxygen atoms in total. The summed E-state index contributed by atoms with van der Waals surface area (Å²) in [4.78, 5) is 12.2. The Kier molecular flexibility index (Phi) is 7.68. The zero-order valence-electron chi connectivity index (χ0n) is 15.5. The quantitative estimate of drug-likeness (QED) is 0.723. The van der Waals surface area contributed by atoms with Crippen LogP contribution < -0.4 is 10.6 Å². The smallest absolute Gasteiger partial charge is 0.221 e. The van der Waals surface area contributed by atoms with E-state index in [1.165, 1.54) is 11.1 Å². The van der Waals surface area contributed by atoms with E-state index in [1.807, 2.05) is 24.3 Å². The van der Waals surface area contributed by atoms with Crippen molar-refractivity contribution in [2.45, 2.75) is 45.1 Å². The molecule has 2 aromatic rings. The molecule has 0 aliphatic carbocycles. The second kappa shape index (κ2) is 10.00. The number of hydrogen-bond acceptors (Lipinski definition) is 2. The Labute approximate surface area is 151 Å². The molecule has 25 heavy (non-hydrogen) atoms. The monoisotopic (exact) mass is 338 g/mol. The van der Waals surface area contributed by atoms with E-state index in [1.54, 1.807) is 0 Å². The minimum Gasteiger partial charge on any atom is -0.355 e. The molecule has 0 aromatic heterocycles. The first-order chi connectivity index (χ1) is 12.1. The fourth-order valence-electron chi connectivity index (χ4n) is 2.87. The molecule has 0 saturated carbocycles. The van der Waals surface area contributed by atoms with Crippen LogP contribution in [-0.2, 0) is 4.79 Å². The Morgan fingerprint density at radius 1 is 0.800 bits per heavy atom. The molecule has 134 valence electrons. The van der Waals surface area contributed by atoms with Crippen molar-refractivity contribution in [3.8, 4) is 0 Å². The van der Waals surface area contributed by atoms with Crippen LogP contribution in [0.1, 0.15) is 50.2 Å². The summed E-state index contributed by atoms with van der Waals surface area (Å²) in [6.45, 7) is 7.96. The minimum atomic E-state index is 0.107. The molecular weight excluding hydrogens is 308 g/mol. The Hall–Kier alpha value is -2.13. The van der Waals surface area contributed by atoms with Gasteiger partial charge >= 0.3 is 0 Å². The molecule has 0 fully saturated rings. The van der Waals surface area contributed by atoms with E-state index in [0.29, 0.717) is 24.8 Å². The van der Waals surface area contributed by atoms with Crippen molar-refractivity contribution in [2.24, 2.45) is 0 Å². The van der Waals surface area contributed by atoms with Gasteiger partial charge in [0.05, 0.1) is 0 Å². The predicted molar refractivity (Wildman–Crippen MR) is 105 cm³/mol. The summed E-state index contributed by atoms with van der Waals surface area (Å²) in [7, 11) is 0. The summed E-state index contributed by atoms with van der Waals surface area (Å²) >= 11 is 0. The molecule has 3 atom stereocenters. The van der Waals surface area contributed by atoms with E-state index >= 15 is 0 Å². The van der Waals surface area contributed by atoms with Crippen LogP contribution in [0, 0.1) is 0 Å². The zero-order chi connectivity index (χ0) is 18.1. The van der Waals surface area contributed by atoms with Crippen molar-refractivity contribution in [3.05, 3.63) is 71.8 Å². The Bertz CT molecular complexity index is 627. The van der Waals surface area contributed by atoms with Crippen LogP contribution in [0.5, 0.6) is 0 Å². The van der Waals surface area contributed by atoms with Gasteiger partial charge < -0.3 is 10.6 Å². The largest absolute Gasteiger partial charge is 0.355 e. The lowest BCUT2D eigenvalue weighted by atomic mass is 10.0. The highest BCUT2D eigenvalue weighted by Crippen LogP contribution is 2.14. The Morgan fingerprint density at radius 2 is 1.28 bits per heavy atom. The molecule has 2 rings (SSSR count). The van der Waals surface area contributed by atoms with Crippen molar-refractivity contribution in [2.75, 3.05) is 13.1 Å². The van der Waals surface area contributed by atoms with E-state index < -0.39 is 0 Å². The van der Waals surface area contributed by atoms with Gasteiger partial charge in [-0.25, -0.2) is 0 Å². The molecule has 0 aliphatic heterocycles. The topological polar surface area (TPSA) is 41.1 Å². The zero-order valence-corrected chi connectivity index (χ0v) is 15.5. The van der Waals surface area contributed by atoms with Gasteiger partial charge in [0.2, 0.25) is 5.91 Å². The summed E-state index contributed by atoms with van der Waals surface area (Å²) < 4.78 is 0. The average Bonchev–Trinajstić information content (AvgIpc) is 2.65. The van der Waals surface area contributed by atoms with Gasteiger partial charge in [0.25, 0.3) is 0 Å². The summed E-state index contributed by atoms with van der Waals surface area (Å²) in [6, 6.07) is 20.9. The molecule has 0 aliphatic rings. The summed E-state index contributed by atoms with van der Waals surface area (Å²) in [5.41, 5.74) is 2.58. The van der Waals surface area contributed by atoms with Gasteiger partial charge in [-0.3, -0.25) is 4.79 Å². The van der Waals surface area contributed by atoms with Gasteiger partial charge in [0.1, 0.15) is 0 Å². The fourth-order valence-corrected chi connectivity index (χ4v) is 2.87. The Morgan fingerprint density at radius 3 is 1.80 bits per heavy atom. The molecular formula is C22H30N2O. The molecule has 0 radical (unpaired) electrons. The molecule has 1 amide bonds. The SMILES string of the molecule is CC(CC(=O)NCC(C)c1ccccc1)NCC(C)c1ccccc1. The van der Waals surface area contributed by atoms with Crippen LogP contribution >= 0.6 is 0 Å². The first-order valence-electron chi connectivity index (χ1n) is 9.16. The van der Waals surface area contributed by atoms with Crippen molar-refractivity contribution in [1.82, 2.24) is 10.6 Å². The molecule has 2 aromatic carbocycles. The summed E-state index contributed by atoms with van der Waals surface area (Å²) in [5, 5.41) is 6.52. The maximum Gasteiger partial charge on any atom is 0.221 e. The molecule has 0 spiro atoms. The molecule has 0 heterocycles. The number of rotatable bonds is 9. The normalized spacial score (nSPS) is 14.5. The highest BCUT2D eigenvalue weighted by molar-refractivity contribution is 5.76. The highest BCUT2D eigenvalue weighted by atomic mass is 16.1. The van der Waals surface area contributed by atoms with Crippen molar-refractivity contribution < 1.29 is 4.79 Å². The molecule has 3 unspecified atom stereocenters. The second-order valence-corrected chi connectivity index (χ2v) is 6.94. The number of benzene rings is 2. The standard InChI is InChI=1S/C22H30N2O/c1-17(20-10-6-4-7-11-20)15-23-19(3)14-22(25)24-16-18(2)21-12-8-5-9-13-21/h4-13,17-19,23H,14-16H2,1-3H3,(H,24,25). The van der Waals surface area contributed by atoms with E-state index in [0.717, 1.165) is 6.54 Å². The second-order valence-electron chi connectivity index (χ2n) is 6.94.